The largest absolute Gasteiger partial charge is 0.322 e. The topological polar surface area (TPSA) is 49.4 Å². The molecule has 1 heterocycles. The molecule has 1 aliphatic heterocycles. The van der Waals surface area contributed by atoms with Crippen molar-refractivity contribution in [2.75, 3.05) is 16.8 Å². The van der Waals surface area contributed by atoms with E-state index in [2.05, 4.69) is 21.2 Å². The fraction of sp³-hybridized carbons (Fsp3) is 0.222. The van der Waals surface area contributed by atoms with Gasteiger partial charge in [-0.25, -0.2) is 0 Å². The Balaban J connectivity index is 1.82. The van der Waals surface area contributed by atoms with Crippen LogP contribution in [0.4, 0.5) is 11.4 Å². The van der Waals surface area contributed by atoms with Gasteiger partial charge in [-0.2, -0.15) is 0 Å². The molecular formula is C18H17BrN2O2. The fourth-order valence-corrected chi connectivity index (χ4v) is 3.23. The van der Waals surface area contributed by atoms with E-state index >= 15 is 0 Å². The van der Waals surface area contributed by atoms with Crippen LogP contribution in [0.3, 0.4) is 0 Å². The number of hydrogen-bond donors (Lipinski definition) is 1. The van der Waals surface area contributed by atoms with Gasteiger partial charge >= 0.3 is 0 Å². The van der Waals surface area contributed by atoms with Gasteiger partial charge in [0, 0.05) is 34.9 Å². The second-order valence-corrected chi connectivity index (χ2v) is 6.50. The average molecular weight is 373 g/mol. The molecule has 0 bridgehead atoms. The first-order valence-corrected chi connectivity index (χ1v) is 8.32. The highest BCUT2D eigenvalue weighted by Gasteiger charge is 2.20. The maximum Gasteiger partial charge on any atom is 0.255 e. The lowest BCUT2D eigenvalue weighted by Crippen LogP contribution is -2.33. The van der Waals surface area contributed by atoms with E-state index < -0.39 is 0 Å². The third-order valence-electron chi connectivity index (χ3n) is 3.92. The lowest BCUT2D eigenvalue weighted by molar-refractivity contribution is -0.116. The number of nitrogens with zero attached hydrogens (tertiary/aromatic N) is 1. The van der Waals surface area contributed by atoms with Gasteiger partial charge in [-0.1, -0.05) is 22.0 Å². The van der Waals surface area contributed by atoms with Gasteiger partial charge < -0.3 is 10.2 Å². The number of carbonyl (C=O) groups excluding carboxylic acids is 2. The van der Waals surface area contributed by atoms with Crippen molar-refractivity contribution in [3.8, 4) is 0 Å². The number of carbonyl (C=O) groups is 2. The molecule has 23 heavy (non-hydrogen) atoms. The van der Waals surface area contributed by atoms with Crippen molar-refractivity contribution < 1.29 is 9.59 Å². The molecule has 2 aromatic rings. The molecular weight excluding hydrogens is 356 g/mol. The van der Waals surface area contributed by atoms with Crippen LogP contribution in [0.5, 0.6) is 0 Å². The van der Waals surface area contributed by atoms with Crippen LogP contribution in [0.15, 0.2) is 46.9 Å². The summed E-state index contributed by atoms with van der Waals surface area (Å²) in [6, 6.07) is 13.0. The van der Waals surface area contributed by atoms with Crippen LogP contribution in [0.2, 0.25) is 0 Å². The Morgan fingerprint density at radius 2 is 2.00 bits per heavy atom. The summed E-state index contributed by atoms with van der Waals surface area (Å²) in [5, 5.41) is 2.92. The number of hydrogen-bond acceptors (Lipinski definition) is 2. The number of aryl methyl sites for hydroxylation is 1. The molecule has 0 aliphatic carbocycles. The molecule has 0 radical (unpaired) electrons. The van der Waals surface area contributed by atoms with E-state index in [0.717, 1.165) is 40.8 Å². The first-order valence-electron chi connectivity index (χ1n) is 7.52. The summed E-state index contributed by atoms with van der Waals surface area (Å²) >= 11 is 3.37. The number of halogens is 1. The van der Waals surface area contributed by atoms with E-state index in [4.69, 9.17) is 0 Å². The first-order chi connectivity index (χ1) is 11.0. The molecule has 4 nitrogen and oxygen atoms in total. The van der Waals surface area contributed by atoms with Crippen molar-refractivity contribution in [2.45, 2.75) is 19.8 Å². The van der Waals surface area contributed by atoms with Gasteiger partial charge in [0.1, 0.15) is 0 Å². The SMILES string of the molecule is CC(=O)N1CCCc2cc(NC(=O)c3cccc(Br)c3)ccc21. The minimum absolute atomic E-state index is 0.0527. The Bertz CT molecular complexity index is 773. The van der Waals surface area contributed by atoms with Crippen LogP contribution in [-0.4, -0.2) is 18.4 Å². The molecule has 0 spiro atoms. The number of rotatable bonds is 2. The molecule has 0 fully saturated rings. The van der Waals surface area contributed by atoms with Crippen molar-refractivity contribution in [2.24, 2.45) is 0 Å². The van der Waals surface area contributed by atoms with Gasteiger partial charge in [0.2, 0.25) is 5.91 Å². The number of nitrogens with one attached hydrogen (secondary N) is 1. The lowest BCUT2D eigenvalue weighted by atomic mass is 10.0. The Labute approximate surface area is 143 Å². The van der Waals surface area contributed by atoms with Crippen LogP contribution in [0.1, 0.15) is 29.3 Å². The molecule has 0 aromatic heterocycles. The van der Waals surface area contributed by atoms with Crippen molar-refractivity contribution in [1.29, 1.82) is 0 Å². The number of anilines is 2. The molecule has 0 atom stereocenters. The van der Waals surface area contributed by atoms with Crippen molar-refractivity contribution >= 4 is 39.1 Å². The Morgan fingerprint density at radius 3 is 2.74 bits per heavy atom. The van der Waals surface area contributed by atoms with Gasteiger partial charge in [-0.3, -0.25) is 9.59 Å². The highest BCUT2D eigenvalue weighted by atomic mass is 79.9. The van der Waals surface area contributed by atoms with E-state index in [9.17, 15) is 9.59 Å². The smallest absolute Gasteiger partial charge is 0.255 e. The monoisotopic (exact) mass is 372 g/mol. The Kier molecular flexibility index (Phi) is 4.48. The molecule has 118 valence electrons. The zero-order valence-electron chi connectivity index (χ0n) is 12.8. The van der Waals surface area contributed by atoms with Crippen molar-refractivity contribution in [3.63, 3.8) is 0 Å². The zero-order valence-corrected chi connectivity index (χ0v) is 14.4. The van der Waals surface area contributed by atoms with Gasteiger partial charge in [0.25, 0.3) is 5.91 Å². The Hall–Kier alpha value is -2.14. The summed E-state index contributed by atoms with van der Waals surface area (Å²) in [4.78, 5) is 25.8. The molecule has 0 saturated heterocycles. The molecule has 2 amide bonds. The average Bonchev–Trinajstić information content (AvgIpc) is 2.54. The predicted octanol–water partition coefficient (Wildman–Crippen LogP) is 4.00. The molecule has 1 N–H and O–H groups in total. The number of fused-ring (bicyclic) bond motifs is 1. The van der Waals surface area contributed by atoms with Gasteiger partial charge in [-0.15, -0.1) is 0 Å². The molecule has 1 aliphatic rings. The first kappa shape index (κ1) is 15.7. The molecule has 2 aromatic carbocycles. The van der Waals surface area contributed by atoms with E-state index in [0.29, 0.717) is 5.56 Å². The van der Waals surface area contributed by atoms with Crippen molar-refractivity contribution in [3.05, 3.63) is 58.1 Å². The third kappa shape index (κ3) is 3.45. The maximum atomic E-state index is 12.3. The van der Waals surface area contributed by atoms with E-state index in [1.165, 1.54) is 0 Å². The minimum atomic E-state index is -0.148. The van der Waals surface area contributed by atoms with Crippen LogP contribution in [-0.2, 0) is 11.2 Å². The van der Waals surface area contributed by atoms with Crippen LogP contribution < -0.4 is 10.2 Å². The highest BCUT2D eigenvalue weighted by molar-refractivity contribution is 9.10. The summed E-state index contributed by atoms with van der Waals surface area (Å²) in [5.41, 5.74) is 3.39. The van der Waals surface area contributed by atoms with E-state index in [1.807, 2.05) is 30.3 Å². The summed E-state index contributed by atoms with van der Waals surface area (Å²) < 4.78 is 0.868. The summed E-state index contributed by atoms with van der Waals surface area (Å²) in [5.74, 6) is -0.0950. The third-order valence-corrected chi connectivity index (χ3v) is 4.42. The van der Waals surface area contributed by atoms with E-state index in [-0.39, 0.29) is 11.8 Å². The molecule has 0 saturated carbocycles. The number of benzene rings is 2. The predicted molar refractivity (Wildman–Crippen MR) is 94.9 cm³/mol. The molecule has 3 rings (SSSR count). The van der Waals surface area contributed by atoms with E-state index in [1.54, 1.807) is 24.0 Å². The standard InChI is InChI=1S/C18H17BrN2O2/c1-12(22)21-9-3-5-13-11-16(7-8-17(13)21)20-18(23)14-4-2-6-15(19)10-14/h2,4,6-8,10-11H,3,5,9H2,1H3,(H,20,23). The van der Waals surface area contributed by atoms with Crippen LogP contribution in [0.25, 0.3) is 0 Å². The lowest BCUT2D eigenvalue weighted by Gasteiger charge is -2.29. The second kappa shape index (κ2) is 6.54. The zero-order chi connectivity index (χ0) is 16.4. The van der Waals surface area contributed by atoms with Gasteiger partial charge in [0.15, 0.2) is 0 Å². The summed E-state index contributed by atoms with van der Waals surface area (Å²) in [7, 11) is 0. The van der Waals surface area contributed by atoms with Crippen LogP contribution in [0, 0.1) is 0 Å². The second-order valence-electron chi connectivity index (χ2n) is 5.58. The quantitative estimate of drug-likeness (QED) is 0.865. The fourth-order valence-electron chi connectivity index (χ4n) is 2.83. The summed E-state index contributed by atoms with van der Waals surface area (Å²) in [6.45, 7) is 2.34. The molecule has 5 heteroatoms. The highest BCUT2D eigenvalue weighted by Crippen LogP contribution is 2.30. The van der Waals surface area contributed by atoms with Crippen molar-refractivity contribution in [1.82, 2.24) is 0 Å². The number of amides is 2. The molecule has 0 unspecified atom stereocenters. The maximum absolute atomic E-state index is 12.3. The Morgan fingerprint density at radius 1 is 1.17 bits per heavy atom. The summed E-state index contributed by atoms with van der Waals surface area (Å²) in [6.07, 6.45) is 1.86. The van der Waals surface area contributed by atoms with Crippen LogP contribution >= 0.6 is 15.9 Å². The van der Waals surface area contributed by atoms with Gasteiger partial charge in [-0.05, 0) is 54.8 Å². The van der Waals surface area contributed by atoms with Gasteiger partial charge in [0.05, 0.1) is 0 Å². The normalized spacial score (nSPS) is 13.4. The minimum Gasteiger partial charge on any atom is -0.322 e.